The molecule has 0 atom stereocenters. The lowest BCUT2D eigenvalue weighted by molar-refractivity contribution is 0.0948. The summed E-state index contributed by atoms with van der Waals surface area (Å²) < 4.78 is 19.0. The van der Waals surface area contributed by atoms with Crippen LogP contribution >= 0.6 is 0 Å². The Bertz CT molecular complexity index is 842. The van der Waals surface area contributed by atoms with E-state index >= 15 is 0 Å². The minimum absolute atomic E-state index is 0.0369. The zero-order valence-electron chi connectivity index (χ0n) is 12.2. The summed E-state index contributed by atoms with van der Waals surface area (Å²) in [5, 5.41) is 4.11. The number of hydrogen-bond donors (Lipinski definition) is 1. The Kier molecular flexibility index (Phi) is 3.76. The molecule has 0 aliphatic heterocycles. The van der Waals surface area contributed by atoms with Crippen molar-refractivity contribution in [1.82, 2.24) is 14.8 Å². The van der Waals surface area contributed by atoms with E-state index in [9.17, 15) is 9.18 Å². The summed E-state index contributed by atoms with van der Waals surface area (Å²) in [7, 11) is 1.54. The van der Waals surface area contributed by atoms with Gasteiger partial charge in [-0.3, -0.25) is 4.79 Å². The number of methoxy groups -OCH3 is 1. The lowest BCUT2D eigenvalue weighted by Gasteiger charge is -2.03. The summed E-state index contributed by atoms with van der Waals surface area (Å²) >= 11 is 0. The van der Waals surface area contributed by atoms with Crippen molar-refractivity contribution in [3.05, 3.63) is 59.9 Å². The predicted octanol–water partition coefficient (Wildman–Crippen LogP) is 2.36. The van der Waals surface area contributed by atoms with Gasteiger partial charge in [-0.05, 0) is 48.5 Å². The largest absolute Gasteiger partial charge is 0.497 e. The predicted molar refractivity (Wildman–Crippen MR) is 82.6 cm³/mol. The van der Waals surface area contributed by atoms with E-state index in [2.05, 4.69) is 10.1 Å². The van der Waals surface area contributed by atoms with Crippen LogP contribution in [0.3, 0.4) is 0 Å². The molecule has 0 bridgehead atoms. The van der Waals surface area contributed by atoms with Crippen molar-refractivity contribution in [3.63, 3.8) is 0 Å². The van der Waals surface area contributed by atoms with Crippen LogP contribution in [0.4, 0.5) is 10.3 Å². The van der Waals surface area contributed by atoms with Crippen LogP contribution in [0, 0.1) is 5.82 Å². The molecular formula is C16H13FN4O2. The number of nitrogens with two attached hydrogens (primary N) is 1. The first-order valence-electron chi connectivity index (χ1n) is 6.75. The molecule has 1 heterocycles. The first kappa shape index (κ1) is 14.7. The monoisotopic (exact) mass is 312 g/mol. The highest BCUT2D eigenvalue weighted by molar-refractivity contribution is 5.97. The smallest absolute Gasteiger partial charge is 0.281 e. The Morgan fingerprint density at radius 3 is 2.39 bits per heavy atom. The van der Waals surface area contributed by atoms with Gasteiger partial charge in [0.05, 0.1) is 7.11 Å². The number of ether oxygens (including phenoxy) is 1. The Morgan fingerprint density at radius 1 is 1.13 bits per heavy atom. The van der Waals surface area contributed by atoms with Crippen LogP contribution in [-0.2, 0) is 0 Å². The van der Waals surface area contributed by atoms with E-state index < -0.39 is 5.91 Å². The third kappa shape index (κ3) is 2.89. The third-order valence-electron chi connectivity index (χ3n) is 3.26. The maximum absolute atomic E-state index is 13.0. The van der Waals surface area contributed by atoms with Crippen LogP contribution in [0.1, 0.15) is 10.4 Å². The van der Waals surface area contributed by atoms with Gasteiger partial charge in [0.15, 0.2) is 5.82 Å². The standard InChI is InChI=1S/C16H13FN4O2/c1-23-13-8-4-11(5-9-13)15(22)21-16(18)19-14(20-21)10-2-6-12(17)7-3-10/h2-9H,1H3,(H2,18,19,20). The van der Waals surface area contributed by atoms with E-state index in [1.807, 2.05) is 0 Å². The fourth-order valence-electron chi connectivity index (χ4n) is 2.05. The van der Waals surface area contributed by atoms with Gasteiger partial charge in [0, 0.05) is 11.1 Å². The second-order valence-electron chi connectivity index (χ2n) is 4.75. The van der Waals surface area contributed by atoms with Crippen LogP contribution in [0.5, 0.6) is 5.75 Å². The first-order chi connectivity index (χ1) is 11.1. The molecule has 7 heteroatoms. The van der Waals surface area contributed by atoms with Gasteiger partial charge in [0.1, 0.15) is 11.6 Å². The molecule has 3 aromatic rings. The average molecular weight is 312 g/mol. The van der Waals surface area contributed by atoms with E-state index in [0.29, 0.717) is 16.9 Å². The number of halogens is 1. The zero-order valence-corrected chi connectivity index (χ0v) is 12.2. The SMILES string of the molecule is COc1ccc(C(=O)n2nc(-c3ccc(F)cc3)nc2N)cc1. The second-order valence-corrected chi connectivity index (χ2v) is 4.75. The third-order valence-corrected chi connectivity index (χ3v) is 3.26. The van der Waals surface area contributed by atoms with Gasteiger partial charge in [-0.2, -0.15) is 9.67 Å². The number of carbonyl (C=O) groups is 1. The van der Waals surface area contributed by atoms with Gasteiger partial charge >= 0.3 is 0 Å². The highest BCUT2D eigenvalue weighted by atomic mass is 19.1. The summed E-state index contributed by atoms with van der Waals surface area (Å²) in [5.41, 5.74) is 6.74. The zero-order chi connectivity index (χ0) is 16.4. The first-order valence-corrected chi connectivity index (χ1v) is 6.75. The highest BCUT2D eigenvalue weighted by Gasteiger charge is 2.16. The fourth-order valence-corrected chi connectivity index (χ4v) is 2.05. The number of benzene rings is 2. The lowest BCUT2D eigenvalue weighted by atomic mass is 10.2. The van der Waals surface area contributed by atoms with Gasteiger partial charge < -0.3 is 10.5 Å². The van der Waals surface area contributed by atoms with Crippen LogP contribution in [0.15, 0.2) is 48.5 Å². The van der Waals surface area contributed by atoms with E-state index in [4.69, 9.17) is 10.5 Å². The molecule has 23 heavy (non-hydrogen) atoms. The molecule has 6 nitrogen and oxygen atoms in total. The van der Waals surface area contributed by atoms with Gasteiger partial charge in [0.25, 0.3) is 5.91 Å². The molecule has 0 unspecified atom stereocenters. The van der Waals surface area contributed by atoms with Crippen molar-refractivity contribution >= 4 is 11.9 Å². The number of nitrogen functional groups attached to an aromatic ring is 1. The Hall–Kier alpha value is -3.22. The Labute approximate surface area is 131 Å². The summed E-state index contributed by atoms with van der Waals surface area (Å²) in [5.74, 6) is 0.0797. The summed E-state index contributed by atoms with van der Waals surface area (Å²) in [4.78, 5) is 16.5. The molecule has 0 aliphatic carbocycles. The van der Waals surface area contributed by atoms with Crippen molar-refractivity contribution in [2.24, 2.45) is 0 Å². The van der Waals surface area contributed by atoms with E-state index in [0.717, 1.165) is 4.68 Å². The van der Waals surface area contributed by atoms with Gasteiger partial charge in [-0.15, -0.1) is 5.10 Å². The summed E-state index contributed by atoms with van der Waals surface area (Å²) in [6.45, 7) is 0. The van der Waals surface area contributed by atoms with Gasteiger partial charge in [-0.25, -0.2) is 4.39 Å². The molecule has 0 fully saturated rings. The molecule has 116 valence electrons. The van der Waals surface area contributed by atoms with Crippen LogP contribution in [-0.4, -0.2) is 27.8 Å². The number of rotatable bonds is 3. The lowest BCUT2D eigenvalue weighted by Crippen LogP contribution is -2.16. The maximum atomic E-state index is 13.0. The minimum Gasteiger partial charge on any atom is -0.497 e. The molecule has 0 amide bonds. The van der Waals surface area contributed by atoms with Crippen LogP contribution in [0.25, 0.3) is 11.4 Å². The molecule has 1 aromatic heterocycles. The molecule has 3 rings (SSSR count). The average Bonchev–Trinajstić information content (AvgIpc) is 2.96. The molecular weight excluding hydrogens is 299 g/mol. The maximum Gasteiger partial charge on any atom is 0.281 e. The molecule has 2 N–H and O–H groups in total. The van der Waals surface area contributed by atoms with E-state index in [1.165, 1.54) is 24.3 Å². The highest BCUT2D eigenvalue weighted by Crippen LogP contribution is 2.18. The second kappa shape index (κ2) is 5.88. The quantitative estimate of drug-likeness (QED) is 0.802. The van der Waals surface area contributed by atoms with E-state index in [-0.39, 0.29) is 17.6 Å². The summed E-state index contributed by atoms with van der Waals surface area (Å²) in [6, 6.07) is 12.2. The number of carbonyl (C=O) groups excluding carboxylic acids is 1. The molecule has 0 radical (unpaired) electrons. The topological polar surface area (TPSA) is 83.0 Å². The molecule has 0 aliphatic rings. The molecule has 0 saturated carbocycles. The molecule has 0 spiro atoms. The molecule has 2 aromatic carbocycles. The summed E-state index contributed by atoms with van der Waals surface area (Å²) in [6.07, 6.45) is 0. The van der Waals surface area contributed by atoms with Crippen molar-refractivity contribution in [1.29, 1.82) is 0 Å². The van der Waals surface area contributed by atoms with Gasteiger partial charge in [-0.1, -0.05) is 0 Å². The van der Waals surface area contributed by atoms with Crippen molar-refractivity contribution < 1.29 is 13.9 Å². The number of hydrogen-bond acceptors (Lipinski definition) is 5. The van der Waals surface area contributed by atoms with Crippen molar-refractivity contribution in [3.8, 4) is 17.1 Å². The molecule has 0 saturated heterocycles. The normalized spacial score (nSPS) is 10.5. The van der Waals surface area contributed by atoms with Crippen molar-refractivity contribution in [2.45, 2.75) is 0 Å². The van der Waals surface area contributed by atoms with Crippen LogP contribution < -0.4 is 10.5 Å². The number of anilines is 1. The van der Waals surface area contributed by atoms with Crippen molar-refractivity contribution in [2.75, 3.05) is 12.8 Å². The van der Waals surface area contributed by atoms with Gasteiger partial charge in [0.2, 0.25) is 5.95 Å². The Balaban J connectivity index is 1.93. The number of aromatic nitrogens is 3. The van der Waals surface area contributed by atoms with Crippen LogP contribution in [0.2, 0.25) is 0 Å². The fraction of sp³-hybridized carbons (Fsp3) is 0.0625. The number of nitrogens with zero attached hydrogens (tertiary/aromatic N) is 3. The van der Waals surface area contributed by atoms with E-state index in [1.54, 1.807) is 31.4 Å². The Morgan fingerprint density at radius 2 is 1.78 bits per heavy atom. The minimum atomic E-state index is -0.411.